The fourth-order valence-corrected chi connectivity index (χ4v) is 8.65. The van der Waals surface area contributed by atoms with Crippen molar-refractivity contribution in [3.05, 3.63) is 24.3 Å². The molecule has 1 amide bonds. The van der Waals surface area contributed by atoms with Gasteiger partial charge in [0.2, 0.25) is 5.91 Å². The molecule has 62 heavy (non-hydrogen) atoms. The van der Waals surface area contributed by atoms with Gasteiger partial charge in [0.15, 0.2) is 0 Å². The van der Waals surface area contributed by atoms with E-state index in [0.29, 0.717) is 19.3 Å². The van der Waals surface area contributed by atoms with E-state index in [1.807, 2.05) is 0 Å². The predicted octanol–water partition coefficient (Wildman–Crippen LogP) is 16.7. The van der Waals surface area contributed by atoms with Crippen molar-refractivity contribution in [2.45, 2.75) is 315 Å². The van der Waals surface area contributed by atoms with Crippen molar-refractivity contribution in [1.82, 2.24) is 5.32 Å². The molecule has 0 aromatic rings. The van der Waals surface area contributed by atoms with Gasteiger partial charge < -0.3 is 20.3 Å². The van der Waals surface area contributed by atoms with E-state index in [1.165, 1.54) is 180 Å². The molecule has 0 aromatic carbocycles. The van der Waals surface area contributed by atoms with E-state index in [1.54, 1.807) is 0 Å². The molecule has 3 unspecified atom stereocenters. The van der Waals surface area contributed by atoms with E-state index >= 15 is 0 Å². The van der Waals surface area contributed by atoms with Crippen LogP contribution in [0.3, 0.4) is 0 Å². The number of unbranched alkanes of at least 4 members (excludes halogenated alkanes) is 34. The Morgan fingerprint density at radius 1 is 0.484 bits per heavy atom. The Kier molecular flexibility index (Phi) is 49.0. The van der Waals surface area contributed by atoms with Crippen LogP contribution in [0, 0.1) is 0 Å². The van der Waals surface area contributed by atoms with Crippen molar-refractivity contribution in [3.8, 4) is 0 Å². The third-order valence-electron chi connectivity index (χ3n) is 12.8. The van der Waals surface area contributed by atoms with Gasteiger partial charge >= 0.3 is 5.97 Å². The number of rotatable bonds is 50. The second-order valence-electron chi connectivity index (χ2n) is 19.0. The number of aliphatic hydroxyl groups excluding tert-OH is 2. The summed E-state index contributed by atoms with van der Waals surface area (Å²) in [5.74, 6) is -0.471. The smallest absolute Gasteiger partial charge is 0.306 e. The maximum absolute atomic E-state index is 13.2. The standard InChI is InChI=1S/C56H107NO5/c1-4-7-10-13-16-19-22-25-27-29-31-34-37-40-43-46-49-56(61)62-52(47-44-41-38-35-32-24-21-18-15-12-9-6-3)50-55(60)57-53(51-58)54(59)48-45-42-39-36-33-30-28-26-23-20-17-14-11-8-5-2/h9,12,18,21,52-54,58-59H,4-8,10-11,13-17,19-20,22-51H2,1-3H3,(H,57,60)/b12-9+,21-18+. The molecular formula is C56H107NO5. The van der Waals surface area contributed by atoms with Crippen molar-refractivity contribution in [2.75, 3.05) is 6.61 Å². The lowest BCUT2D eigenvalue weighted by atomic mass is 10.0. The third-order valence-corrected chi connectivity index (χ3v) is 12.8. The summed E-state index contributed by atoms with van der Waals surface area (Å²) in [6.07, 6.45) is 58.1. The van der Waals surface area contributed by atoms with Gasteiger partial charge in [-0.15, -0.1) is 0 Å². The van der Waals surface area contributed by atoms with Crippen LogP contribution in [0.1, 0.15) is 297 Å². The van der Waals surface area contributed by atoms with Gasteiger partial charge in [-0.1, -0.05) is 257 Å². The average Bonchev–Trinajstić information content (AvgIpc) is 3.26. The van der Waals surface area contributed by atoms with Crippen molar-refractivity contribution >= 4 is 11.9 Å². The van der Waals surface area contributed by atoms with Crippen LogP contribution in [-0.2, 0) is 14.3 Å². The summed E-state index contributed by atoms with van der Waals surface area (Å²) < 4.78 is 5.94. The maximum Gasteiger partial charge on any atom is 0.306 e. The fraction of sp³-hybridized carbons (Fsp3) is 0.893. The van der Waals surface area contributed by atoms with Crippen LogP contribution >= 0.6 is 0 Å². The third kappa shape index (κ3) is 44.9. The summed E-state index contributed by atoms with van der Waals surface area (Å²) in [5.41, 5.74) is 0. The lowest BCUT2D eigenvalue weighted by Crippen LogP contribution is -2.46. The van der Waals surface area contributed by atoms with Gasteiger partial charge in [-0.05, 0) is 51.4 Å². The Morgan fingerprint density at radius 3 is 1.31 bits per heavy atom. The normalized spacial score (nSPS) is 13.3. The van der Waals surface area contributed by atoms with E-state index in [-0.39, 0.29) is 24.9 Å². The molecule has 0 aromatic heterocycles. The molecular weight excluding hydrogens is 767 g/mol. The molecule has 0 radical (unpaired) electrons. The quantitative estimate of drug-likeness (QED) is 0.0321. The highest BCUT2D eigenvalue weighted by atomic mass is 16.5. The molecule has 0 aliphatic rings. The van der Waals surface area contributed by atoms with Crippen molar-refractivity contribution in [2.24, 2.45) is 0 Å². The zero-order valence-corrected chi connectivity index (χ0v) is 41.8. The first kappa shape index (κ1) is 60.3. The van der Waals surface area contributed by atoms with Crippen LogP contribution in [0.4, 0.5) is 0 Å². The number of carbonyl (C=O) groups excluding carboxylic acids is 2. The number of hydrogen-bond acceptors (Lipinski definition) is 5. The Bertz CT molecular complexity index is 981. The van der Waals surface area contributed by atoms with Gasteiger partial charge in [0.25, 0.3) is 0 Å². The van der Waals surface area contributed by atoms with Gasteiger partial charge in [0, 0.05) is 6.42 Å². The van der Waals surface area contributed by atoms with E-state index in [0.717, 1.165) is 70.6 Å². The summed E-state index contributed by atoms with van der Waals surface area (Å²) in [6, 6.07) is -0.702. The number of esters is 1. The summed E-state index contributed by atoms with van der Waals surface area (Å²) in [6.45, 7) is 6.41. The monoisotopic (exact) mass is 874 g/mol. The largest absolute Gasteiger partial charge is 0.462 e. The summed E-state index contributed by atoms with van der Waals surface area (Å²) >= 11 is 0. The Hall–Kier alpha value is -1.66. The summed E-state index contributed by atoms with van der Waals surface area (Å²) in [5, 5.41) is 23.8. The van der Waals surface area contributed by atoms with E-state index in [4.69, 9.17) is 4.74 Å². The molecule has 0 saturated heterocycles. The molecule has 3 N–H and O–H groups in total. The molecule has 3 atom stereocenters. The molecule has 0 spiro atoms. The molecule has 6 nitrogen and oxygen atoms in total. The summed E-state index contributed by atoms with van der Waals surface area (Å²) in [7, 11) is 0. The molecule has 0 fully saturated rings. The molecule has 366 valence electrons. The van der Waals surface area contributed by atoms with Crippen molar-refractivity contribution in [1.29, 1.82) is 0 Å². The Morgan fingerprint density at radius 2 is 0.871 bits per heavy atom. The molecule has 0 bridgehead atoms. The van der Waals surface area contributed by atoms with Crippen molar-refractivity contribution < 1.29 is 24.5 Å². The number of ether oxygens (including phenoxy) is 1. The number of hydrogen-bond donors (Lipinski definition) is 3. The molecule has 0 rings (SSSR count). The highest BCUT2D eigenvalue weighted by Gasteiger charge is 2.24. The molecule has 0 aliphatic carbocycles. The number of allylic oxidation sites excluding steroid dienone is 4. The topological polar surface area (TPSA) is 95.9 Å². The predicted molar refractivity (Wildman–Crippen MR) is 269 cm³/mol. The van der Waals surface area contributed by atoms with Crippen LogP contribution in [0.15, 0.2) is 24.3 Å². The lowest BCUT2D eigenvalue weighted by Gasteiger charge is -2.24. The van der Waals surface area contributed by atoms with Crippen LogP contribution in [-0.4, -0.2) is 46.9 Å². The first-order valence-electron chi connectivity index (χ1n) is 27.6. The summed E-state index contributed by atoms with van der Waals surface area (Å²) in [4.78, 5) is 26.2. The second-order valence-corrected chi connectivity index (χ2v) is 19.0. The zero-order valence-electron chi connectivity index (χ0n) is 41.8. The SMILES string of the molecule is CC/C=C/C/C=C/CCCCCCCC(CC(=O)NC(CO)C(O)CCCCCCCCCCCCCCCCC)OC(=O)CCCCCCCCCCCCCCCCCC. The minimum atomic E-state index is -0.788. The highest BCUT2D eigenvalue weighted by Crippen LogP contribution is 2.19. The average molecular weight is 874 g/mol. The highest BCUT2D eigenvalue weighted by molar-refractivity contribution is 5.77. The molecule has 0 saturated carbocycles. The van der Waals surface area contributed by atoms with E-state index < -0.39 is 18.2 Å². The minimum Gasteiger partial charge on any atom is -0.462 e. The Balaban J connectivity index is 4.48. The van der Waals surface area contributed by atoms with Gasteiger partial charge in [-0.25, -0.2) is 0 Å². The van der Waals surface area contributed by atoms with Crippen LogP contribution in [0.2, 0.25) is 0 Å². The lowest BCUT2D eigenvalue weighted by molar-refractivity contribution is -0.151. The first-order chi connectivity index (χ1) is 30.5. The number of aliphatic hydroxyl groups is 2. The minimum absolute atomic E-state index is 0.0736. The zero-order chi connectivity index (χ0) is 45.2. The van der Waals surface area contributed by atoms with Gasteiger partial charge in [0.05, 0.1) is 25.2 Å². The van der Waals surface area contributed by atoms with Crippen molar-refractivity contribution in [3.63, 3.8) is 0 Å². The van der Waals surface area contributed by atoms with Crippen LogP contribution in [0.25, 0.3) is 0 Å². The Labute approximate surface area is 386 Å². The number of carbonyl (C=O) groups is 2. The first-order valence-corrected chi connectivity index (χ1v) is 27.6. The van der Waals surface area contributed by atoms with E-state index in [9.17, 15) is 19.8 Å². The maximum atomic E-state index is 13.2. The van der Waals surface area contributed by atoms with Gasteiger partial charge in [-0.3, -0.25) is 9.59 Å². The molecule has 0 aliphatic heterocycles. The van der Waals surface area contributed by atoms with Crippen LogP contribution in [0.5, 0.6) is 0 Å². The second kappa shape index (κ2) is 50.3. The molecule has 6 heteroatoms. The number of nitrogens with one attached hydrogen (secondary N) is 1. The molecule has 0 heterocycles. The fourth-order valence-electron chi connectivity index (χ4n) is 8.65. The van der Waals surface area contributed by atoms with Gasteiger partial charge in [-0.2, -0.15) is 0 Å². The van der Waals surface area contributed by atoms with E-state index in [2.05, 4.69) is 50.4 Å². The van der Waals surface area contributed by atoms with Crippen LogP contribution < -0.4 is 5.32 Å². The van der Waals surface area contributed by atoms with Gasteiger partial charge in [0.1, 0.15) is 6.10 Å². The number of amides is 1.